The summed E-state index contributed by atoms with van der Waals surface area (Å²) in [6.07, 6.45) is 7.60. The monoisotopic (exact) mass is 494 g/mol. The third-order valence-corrected chi connectivity index (χ3v) is 7.72. The van der Waals surface area contributed by atoms with Crippen molar-refractivity contribution in [1.29, 1.82) is 0 Å². The number of nitrogens with zero attached hydrogens (tertiary/aromatic N) is 4. The van der Waals surface area contributed by atoms with E-state index in [0.29, 0.717) is 29.0 Å². The standard InChI is InChI=1S/C25H30N6O3S/c1-16-28-19-8-6-7-18(23(19)25(34)31(16)20-9-10-21(32)29-24(20)33)26-14-22-27-13-17(35-22)15-30-11-4-2-3-5-12-30/h6-8,13,20,26H,2-5,9-12,14-15H2,1H3,(H,29,32,33). The quantitative estimate of drug-likeness (QED) is 0.507. The summed E-state index contributed by atoms with van der Waals surface area (Å²) in [5.41, 5.74) is 0.943. The van der Waals surface area contributed by atoms with Gasteiger partial charge in [0.25, 0.3) is 5.56 Å². The normalized spacial score (nSPS) is 19.5. The number of piperidine rings is 1. The molecule has 0 spiro atoms. The Hall–Kier alpha value is -3.11. The molecule has 3 aromatic rings. The van der Waals surface area contributed by atoms with Crippen LogP contribution in [0.15, 0.2) is 29.2 Å². The smallest absolute Gasteiger partial charge is 0.264 e. The van der Waals surface area contributed by atoms with Gasteiger partial charge in [-0.1, -0.05) is 18.9 Å². The molecule has 9 nitrogen and oxygen atoms in total. The summed E-state index contributed by atoms with van der Waals surface area (Å²) in [6, 6.07) is 4.76. The maximum atomic E-state index is 13.6. The molecular formula is C25H30N6O3S. The van der Waals surface area contributed by atoms with Crippen molar-refractivity contribution >= 4 is 39.7 Å². The maximum absolute atomic E-state index is 13.6. The Kier molecular flexibility index (Phi) is 6.92. The van der Waals surface area contributed by atoms with E-state index in [9.17, 15) is 14.4 Å². The van der Waals surface area contributed by atoms with Gasteiger partial charge in [-0.25, -0.2) is 9.97 Å². The van der Waals surface area contributed by atoms with Crippen molar-refractivity contribution in [3.05, 3.63) is 50.5 Å². The number of carbonyl (C=O) groups is 2. The Bertz CT molecular complexity index is 1310. The van der Waals surface area contributed by atoms with Crippen LogP contribution in [-0.4, -0.2) is 44.3 Å². The van der Waals surface area contributed by atoms with Crippen LogP contribution in [0.3, 0.4) is 0 Å². The van der Waals surface area contributed by atoms with Gasteiger partial charge in [-0.15, -0.1) is 11.3 Å². The molecule has 5 rings (SSSR count). The second-order valence-corrected chi connectivity index (χ2v) is 10.5. The zero-order chi connectivity index (χ0) is 24.4. The second-order valence-electron chi connectivity index (χ2n) is 9.26. The predicted octanol–water partition coefficient (Wildman–Crippen LogP) is 3.13. The Labute approximate surface area is 207 Å². The second kappa shape index (κ2) is 10.2. The first-order valence-electron chi connectivity index (χ1n) is 12.2. The van der Waals surface area contributed by atoms with Crippen molar-refractivity contribution in [2.75, 3.05) is 18.4 Å². The lowest BCUT2D eigenvalue weighted by atomic mass is 10.1. The molecule has 2 aromatic heterocycles. The highest BCUT2D eigenvalue weighted by Gasteiger charge is 2.30. The molecule has 0 aliphatic carbocycles. The number of rotatable bonds is 6. The topological polar surface area (TPSA) is 109 Å². The molecule has 1 atom stereocenters. The Morgan fingerprint density at radius 2 is 1.94 bits per heavy atom. The fourth-order valence-electron chi connectivity index (χ4n) is 4.98. The predicted molar refractivity (Wildman–Crippen MR) is 135 cm³/mol. The number of aromatic nitrogens is 3. The minimum Gasteiger partial charge on any atom is -0.378 e. The van der Waals surface area contributed by atoms with Crippen molar-refractivity contribution in [3.63, 3.8) is 0 Å². The van der Waals surface area contributed by atoms with Crippen molar-refractivity contribution < 1.29 is 9.59 Å². The number of aryl methyl sites for hydroxylation is 1. The number of likely N-dealkylation sites (tertiary alicyclic amines) is 1. The van der Waals surface area contributed by atoms with Crippen molar-refractivity contribution in [2.45, 2.75) is 64.6 Å². The highest BCUT2D eigenvalue weighted by Crippen LogP contribution is 2.25. The van der Waals surface area contributed by atoms with Gasteiger partial charge < -0.3 is 5.32 Å². The number of anilines is 1. The molecule has 4 heterocycles. The zero-order valence-corrected chi connectivity index (χ0v) is 20.7. The molecule has 1 unspecified atom stereocenters. The van der Waals surface area contributed by atoms with E-state index in [4.69, 9.17) is 0 Å². The SMILES string of the molecule is Cc1nc2cccc(NCc3ncc(CN4CCCCCC4)s3)c2c(=O)n1C1CCC(=O)NC1=O. The lowest BCUT2D eigenvalue weighted by Crippen LogP contribution is -2.45. The van der Waals surface area contributed by atoms with Crippen LogP contribution in [0, 0.1) is 6.92 Å². The summed E-state index contributed by atoms with van der Waals surface area (Å²) in [4.78, 5) is 50.5. The minimum atomic E-state index is -0.745. The van der Waals surface area contributed by atoms with Crippen LogP contribution in [0.1, 0.15) is 60.3 Å². The van der Waals surface area contributed by atoms with Crippen LogP contribution in [0.25, 0.3) is 10.9 Å². The first-order chi connectivity index (χ1) is 17.0. The minimum absolute atomic E-state index is 0.198. The molecule has 35 heavy (non-hydrogen) atoms. The largest absolute Gasteiger partial charge is 0.378 e. The number of benzene rings is 1. The van der Waals surface area contributed by atoms with Crippen molar-refractivity contribution in [1.82, 2.24) is 24.8 Å². The van der Waals surface area contributed by atoms with Crippen molar-refractivity contribution in [3.8, 4) is 0 Å². The third kappa shape index (κ3) is 5.13. The Morgan fingerprint density at radius 3 is 2.71 bits per heavy atom. The molecule has 2 N–H and O–H groups in total. The van der Waals surface area contributed by atoms with Crippen LogP contribution >= 0.6 is 11.3 Å². The maximum Gasteiger partial charge on any atom is 0.264 e. The lowest BCUT2D eigenvalue weighted by Gasteiger charge is -2.24. The van der Waals surface area contributed by atoms with E-state index in [1.165, 1.54) is 35.1 Å². The summed E-state index contributed by atoms with van der Waals surface area (Å²) in [5, 5.41) is 7.09. The van der Waals surface area contributed by atoms with Gasteiger partial charge in [-0.3, -0.25) is 29.2 Å². The van der Waals surface area contributed by atoms with E-state index in [1.54, 1.807) is 24.3 Å². The average Bonchev–Trinajstić information content (AvgIpc) is 3.11. The molecule has 0 bridgehead atoms. The van der Waals surface area contributed by atoms with Gasteiger partial charge in [-0.05, 0) is 51.4 Å². The highest BCUT2D eigenvalue weighted by molar-refractivity contribution is 7.11. The molecule has 2 aliphatic rings. The third-order valence-electron chi connectivity index (χ3n) is 6.74. The molecular weight excluding hydrogens is 464 g/mol. The van der Waals surface area contributed by atoms with Gasteiger partial charge >= 0.3 is 0 Å². The molecule has 0 radical (unpaired) electrons. The summed E-state index contributed by atoms with van der Waals surface area (Å²) in [6.45, 7) is 5.44. The van der Waals surface area contributed by atoms with Gasteiger partial charge in [0.2, 0.25) is 11.8 Å². The number of hydrogen-bond donors (Lipinski definition) is 2. The number of fused-ring (bicyclic) bond motifs is 1. The van der Waals surface area contributed by atoms with Crippen LogP contribution in [0.5, 0.6) is 0 Å². The first kappa shape index (κ1) is 23.6. The van der Waals surface area contributed by atoms with Crippen LogP contribution in [0.2, 0.25) is 0 Å². The zero-order valence-electron chi connectivity index (χ0n) is 19.9. The number of thiazole rings is 1. The van der Waals surface area contributed by atoms with E-state index in [2.05, 4.69) is 25.5 Å². The molecule has 2 saturated heterocycles. The lowest BCUT2D eigenvalue weighted by molar-refractivity contribution is -0.135. The molecule has 1 aromatic carbocycles. The molecule has 0 saturated carbocycles. The van der Waals surface area contributed by atoms with E-state index >= 15 is 0 Å². The number of amides is 2. The number of imide groups is 1. The van der Waals surface area contributed by atoms with Crippen LogP contribution < -0.4 is 16.2 Å². The van der Waals surface area contributed by atoms with E-state index < -0.39 is 11.9 Å². The van der Waals surface area contributed by atoms with Gasteiger partial charge in [0.05, 0.1) is 17.4 Å². The van der Waals surface area contributed by atoms with Crippen LogP contribution in [-0.2, 0) is 22.7 Å². The van der Waals surface area contributed by atoms with Gasteiger partial charge in [0.15, 0.2) is 0 Å². The van der Waals surface area contributed by atoms with Gasteiger partial charge in [-0.2, -0.15) is 0 Å². The molecule has 2 amide bonds. The summed E-state index contributed by atoms with van der Waals surface area (Å²) in [5.74, 6) is -0.322. The van der Waals surface area contributed by atoms with Crippen LogP contribution in [0.4, 0.5) is 5.69 Å². The fourth-order valence-corrected chi connectivity index (χ4v) is 5.89. The summed E-state index contributed by atoms with van der Waals surface area (Å²) < 4.78 is 1.41. The molecule has 2 fully saturated rings. The molecule has 184 valence electrons. The number of nitrogens with one attached hydrogen (secondary N) is 2. The first-order valence-corrected chi connectivity index (χ1v) is 13.1. The number of hydrogen-bond acceptors (Lipinski definition) is 8. The van der Waals surface area contributed by atoms with E-state index in [0.717, 1.165) is 24.6 Å². The van der Waals surface area contributed by atoms with Gasteiger partial charge in [0, 0.05) is 29.7 Å². The summed E-state index contributed by atoms with van der Waals surface area (Å²) >= 11 is 1.69. The summed E-state index contributed by atoms with van der Waals surface area (Å²) in [7, 11) is 0. The Balaban J connectivity index is 1.36. The molecule has 10 heteroatoms. The van der Waals surface area contributed by atoms with E-state index in [1.807, 2.05) is 18.3 Å². The average molecular weight is 495 g/mol. The van der Waals surface area contributed by atoms with Crippen molar-refractivity contribution in [2.24, 2.45) is 0 Å². The highest BCUT2D eigenvalue weighted by atomic mass is 32.1. The molecule has 2 aliphatic heterocycles. The number of carbonyl (C=O) groups excluding carboxylic acids is 2. The fraction of sp³-hybridized carbons (Fsp3) is 0.480. The Morgan fingerprint density at radius 1 is 1.14 bits per heavy atom. The van der Waals surface area contributed by atoms with Gasteiger partial charge in [0.1, 0.15) is 16.9 Å². The van der Waals surface area contributed by atoms with E-state index in [-0.39, 0.29) is 24.3 Å².